The van der Waals surface area contributed by atoms with E-state index in [4.69, 9.17) is 9.29 Å². The summed E-state index contributed by atoms with van der Waals surface area (Å²) in [5.74, 6) is -0.428. The molecular weight excluding hydrogens is 211 g/mol. The molecule has 0 aliphatic carbocycles. The smallest absolute Gasteiger partial charge is 0.338 e. The van der Waals surface area contributed by atoms with E-state index < -0.39 is 17.0 Å². The van der Waals surface area contributed by atoms with Crippen LogP contribution < -0.4 is 0 Å². The number of rotatable bonds is 3. The summed E-state index contributed by atoms with van der Waals surface area (Å²) < 4.78 is 24.1. The summed E-state index contributed by atoms with van der Waals surface area (Å²) in [6.45, 7) is 2.03. The van der Waals surface area contributed by atoms with Crippen molar-refractivity contribution in [2.24, 2.45) is 0 Å². The zero-order chi connectivity index (χ0) is 10.6. The normalized spacial score (nSPS) is 11.3. The molecule has 0 amide bonds. The molecule has 1 unspecified atom stereocenters. The molecule has 0 spiro atoms. The molecule has 0 bridgehead atoms. The van der Waals surface area contributed by atoms with E-state index in [1.807, 2.05) is 0 Å². The molecule has 0 aliphatic rings. The Balaban J connectivity index is 0.00000196. The predicted octanol–water partition coefficient (Wildman–Crippen LogP) is 1.06. The van der Waals surface area contributed by atoms with Crippen molar-refractivity contribution in [3.63, 3.8) is 0 Å². The summed E-state index contributed by atoms with van der Waals surface area (Å²) in [4.78, 5) is 11.4. The van der Waals surface area contributed by atoms with E-state index in [0.29, 0.717) is 12.2 Å². The van der Waals surface area contributed by atoms with Crippen molar-refractivity contribution < 1.29 is 18.3 Å². The Labute approximate surface area is 102 Å². The first-order chi connectivity index (χ1) is 6.65. The van der Waals surface area contributed by atoms with E-state index in [1.165, 1.54) is 24.3 Å². The third-order valence-electron chi connectivity index (χ3n) is 1.57. The van der Waals surface area contributed by atoms with Gasteiger partial charge in [0.25, 0.3) is 0 Å². The Morgan fingerprint density at radius 2 is 1.93 bits per heavy atom. The Bertz CT molecular complexity index is 350. The number of carbonyl (C=O) groups is 1. The van der Waals surface area contributed by atoms with E-state index in [2.05, 4.69) is 0 Å². The fraction of sp³-hybridized carbons (Fsp3) is 0.222. The number of hydrogen-bond acceptors (Lipinski definition) is 3. The summed E-state index contributed by atoms with van der Waals surface area (Å²) in [6, 6.07) is 5.76. The van der Waals surface area contributed by atoms with Crippen LogP contribution in [0.25, 0.3) is 0 Å². The SMILES string of the molecule is CCOC(=O)c1ccc(S(=O)O)cc1.[Li]. The third kappa shape index (κ3) is 4.18. The Kier molecular flexibility index (Phi) is 6.53. The molecule has 1 rings (SSSR count). The summed E-state index contributed by atoms with van der Waals surface area (Å²) >= 11 is -2.01. The van der Waals surface area contributed by atoms with E-state index >= 15 is 0 Å². The molecular formula is C9H10LiO4S. The zero-order valence-corrected chi connectivity index (χ0v) is 9.41. The second-order valence-electron chi connectivity index (χ2n) is 2.49. The van der Waals surface area contributed by atoms with Gasteiger partial charge in [-0.05, 0) is 31.2 Å². The van der Waals surface area contributed by atoms with Crippen LogP contribution in [0.15, 0.2) is 29.2 Å². The summed E-state index contributed by atoms with van der Waals surface area (Å²) in [5.41, 5.74) is 0.376. The maximum absolute atomic E-state index is 11.2. The van der Waals surface area contributed by atoms with Gasteiger partial charge in [0.15, 0.2) is 11.1 Å². The second kappa shape index (κ2) is 6.80. The van der Waals surface area contributed by atoms with Crippen LogP contribution in [0.1, 0.15) is 17.3 Å². The van der Waals surface area contributed by atoms with Crippen LogP contribution in [0.3, 0.4) is 0 Å². The molecule has 0 saturated carbocycles. The van der Waals surface area contributed by atoms with Crippen molar-refractivity contribution in [2.45, 2.75) is 11.8 Å². The van der Waals surface area contributed by atoms with Crippen molar-refractivity contribution in [1.29, 1.82) is 0 Å². The molecule has 6 heteroatoms. The van der Waals surface area contributed by atoms with Crippen molar-refractivity contribution in [3.05, 3.63) is 29.8 Å². The molecule has 77 valence electrons. The molecule has 1 aromatic rings. The minimum atomic E-state index is -2.01. The van der Waals surface area contributed by atoms with E-state index in [1.54, 1.807) is 6.92 Å². The summed E-state index contributed by atoms with van der Waals surface area (Å²) in [5, 5.41) is 0. The largest absolute Gasteiger partial charge is 0.462 e. The van der Waals surface area contributed by atoms with Gasteiger partial charge in [0.2, 0.25) is 0 Å². The average Bonchev–Trinajstić information content (AvgIpc) is 2.18. The predicted molar refractivity (Wildman–Crippen MR) is 57.2 cm³/mol. The van der Waals surface area contributed by atoms with Gasteiger partial charge in [-0.3, -0.25) is 0 Å². The molecule has 1 N–H and O–H groups in total. The average molecular weight is 221 g/mol. The fourth-order valence-corrected chi connectivity index (χ4v) is 1.29. The molecule has 0 fully saturated rings. The molecule has 1 atom stereocenters. The maximum Gasteiger partial charge on any atom is 0.338 e. The first-order valence-corrected chi connectivity index (χ1v) is 5.14. The van der Waals surface area contributed by atoms with Crippen molar-refractivity contribution in [2.75, 3.05) is 6.61 Å². The third-order valence-corrected chi connectivity index (χ3v) is 2.24. The first-order valence-electron chi connectivity index (χ1n) is 4.03. The van der Waals surface area contributed by atoms with Gasteiger partial charge in [0, 0.05) is 18.9 Å². The number of carbonyl (C=O) groups excluding carboxylic acids is 1. The van der Waals surface area contributed by atoms with Gasteiger partial charge in [0.05, 0.1) is 17.1 Å². The van der Waals surface area contributed by atoms with Gasteiger partial charge < -0.3 is 9.29 Å². The van der Waals surface area contributed by atoms with Crippen molar-refractivity contribution in [3.8, 4) is 0 Å². The zero-order valence-electron chi connectivity index (χ0n) is 8.60. The quantitative estimate of drug-likeness (QED) is 0.471. The molecule has 0 aliphatic heterocycles. The van der Waals surface area contributed by atoms with Crippen LogP contribution >= 0.6 is 0 Å². The van der Waals surface area contributed by atoms with Gasteiger partial charge >= 0.3 is 5.97 Å². The first kappa shape index (κ1) is 14.4. The van der Waals surface area contributed by atoms with Crippen molar-refractivity contribution >= 4 is 35.9 Å². The number of benzene rings is 1. The van der Waals surface area contributed by atoms with Gasteiger partial charge in [-0.15, -0.1) is 0 Å². The van der Waals surface area contributed by atoms with E-state index in [0.717, 1.165) is 0 Å². The van der Waals surface area contributed by atoms with Crippen LogP contribution in [0.5, 0.6) is 0 Å². The van der Waals surface area contributed by atoms with E-state index in [9.17, 15) is 9.00 Å². The molecule has 1 aromatic carbocycles. The minimum absolute atomic E-state index is 0. The van der Waals surface area contributed by atoms with Gasteiger partial charge in [-0.2, -0.15) is 0 Å². The topological polar surface area (TPSA) is 63.6 Å². The maximum atomic E-state index is 11.2. The molecule has 1 radical (unpaired) electrons. The van der Waals surface area contributed by atoms with Crippen LogP contribution in [-0.2, 0) is 15.8 Å². The number of ether oxygens (including phenoxy) is 1. The Morgan fingerprint density at radius 1 is 1.40 bits per heavy atom. The Morgan fingerprint density at radius 3 is 2.33 bits per heavy atom. The standard InChI is InChI=1S/C9H10O4S.Li/c1-2-13-9(10)7-3-5-8(6-4-7)14(11)12;/h3-6H,2H2,1H3,(H,11,12);. The molecule has 0 aromatic heterocycles. The molecule has 4 nitrogen and oxygen atoms in total. The summed E-state index contributed by atoms with van der Waals surface area (Å²) in [6.07, 6.45) is 0. The fourth-order valence-electron chi connectivity index (χ4n) is 0.922. The number of esters is 1. The second-order valence-corrected chi connectivity index (χ2v) is 3.46. The van der Waals surface area contributed by atoms with Crippen LogP contribution in [0, 0.1) is 0 Å². The monoisotopic (exact) mass is 221 g/mol. The van der Waals surface area contributed by atoms with Gasteiger partial charge in [-0.25, -0.2) is 9.00 Å². The summed E-state index contributed by atoms with van der Waals surface area (Å²) in [7, 11) is 0. The van der Waals surface area contributed by atoms with Crippen molar-refractivity contribution in [1.82, 2.24) is 0 Å². The minimum Gasteiger partial charge on any atom is -0.462 e. The Hall–Kier alpha value is -0.603. The molecule has 0 saturated heterocycles. The van der Waals surface area contributed by atoms with Gasteiger partial charge in [-0.1, -0.05) is 0 Å². The number of hydrogen-bond donors (Lipinski definition) is 1. The van der Waals surface area contributed by atoms with Crippen LogP contribution in [0.2, 0.25) is 0 Å². The molecule has 15 heavy (non-hydrogen) atoms. The van der Waals surface area contributed by atoms with Crippen LogP contribution in [-0.4, -0.2) is 40.2 Å². The van der Waals surface area contributed by atoms with Crippen LogP contribution in [0.4, 0.5) is 0 Å². The van der Waals surface area contributed by atoms with E-state index in [-0.39, 0.29) is 23.8 Å². The van der Waals surface area contributed by atoms with Gasteiger partial charge in [0.1, 0.15) is 0 Å². The molecule has 0 heterocycles.